The van der Waals surface area contributed by atoms with E-state index in [1.165, 1.54) is 6.07 Å². The van der Waals surface area contributed by atoms with Gasteiger partial charge < -0.3 is 30.0 Å². The second-order valence-corrected chi connectivity index (χ2v) is 8.78. The summed E-state index contributed by atoms with van der Waals surface area (Å²) in [5.74, 6) is -4.47. The van der Waals surface area contributed by atoms with E-state index >= 15 is 0 Å². The molecule has 3 N–H and O–H groups in total. The number of nitrogens with one attached hydrogen (secondary N) is 1. The minimum Gasteiger partial charge on any atom is -0.493 e. The number of nitrogens with two attached hydrogens (primary N) is 1. The van der Waals surface area contributed by atoms with Crippen LogP contribution in [0, 0.1) is 5.92 Å². The molecule has 2 aromatic carbocycles. The number of carbonyl (C=O) groups excluding carboxylic acids is 2. The molecule has 0 aliphatic heterocycles. The minimum atomic E-state index is -5.00. The zero-order valence-corrected chi connectivity index (χ0v) is 21.1. The number of hydrogen-bond acceptors (Lipinski definition) is 7. The lowest BCUT2D eigenvalue weighted by atomic mass is 10.1. The Balaban J connectivity index is 1.80. The highest BCUT2D eigenvalue weighted by molar-refractivity contribution is 6.09. The van der Waals surface area contributed by atoms with Crippen LogP contribution in [0.2, 0.25) is 0 Å². The van der Waals surface area contributed by atoms with Crippen LogP contribution in [0.25, 0.3) is 0 Å². The van der Waals surface area contributed by atoms with Gasteiger partial charge in [0.05, 0.1) is 19.3 Å². The third kappa shape index (κ3) is 7.49. The number of primary amides is 1. The maximum Gasteiger partial charge on any atom is 0.573 e. The van der Waals surface area contributed by atoms with Crippen LogP contribution in [0.15, 0.2) is 48.7 Å². The van der Waals surface area contributed by atoms with Crippen molar-refractivity contribution in [1.82, 2.24) is 4.98 Å². The van der Waals surface area contributed by atoms with Crippen molar-refractivity contribution in [2.45, 2.75) is 25.4 Å². The summed E-state index contributed by atoms with van der Waals surface area (Å²) in [5.41, 5.74) is 3.03. The summed E-state index contributed by atoms with van der Waals surface area (Å²) in [6, 6.07) is 6.66. The van der Waals surface area contributed by atoms with Gasteiger partial charge in [-0.25, -0.2) is 0 Å². The molecule has 0 bridgehead atoms. The van der Waals surface area contributed by atoms with Gasteiger partial charge in [0.2, 0.25) is 0 Å². The van der Waals surface area contributed by atoms with E-state index < -0.39 is 52.7 Å². The van der Waals surface area contributed by atoms with Crippen LogP contribution in [-0.2, 0) is 6.18 Å². The smallest absolute Gasteiger partial charge is 0.493 e. The summed E-state index contributed by atoms with van der Waals surface area (Å²) in [6.07, 6.45) is -7.32. The van der Waals surface area contributed by atoms with Gasteiger partial charge in [-0.05, 0) is 55.2 Å². The zero-order chi connectivity index (χ0) is 29.9. The lowest BCUT2D eigenvalue weighted by Gasteiger charge is -2.21. The summed E-state index contributed by atoms with van der Waals surface area (Å²) in [5, 5.41) is 2.38. The van der Waals surface area contributed by atoms with E-state index in [9.17, 15) is 35.9 Å². The maximum atomic E-state index is 14.0. The number of rotatable bonds is 10. The molecule has 1 aliphatic rings. The average molecular weight is 585 g/mol. The molecule has 218 valence electrons. The number of methoxy groups -OCH3 is 1. The third-order valence-electron chi connectivity index (χ3n) is 5.67. The number of carbonyl (C=O) groups is 2. The summed E-state index contributed by atoms with van der Waals surface area (Å²) in [6.45, 7) is -0.110. The largest absolute Gasteiger partial charge is 0.573 e. The minimum absolute atomic E-state index is 0.00355. The first-order valence-corrected chi connectivity index (χ1v) is 11.8. The molecule has 0 unspecified atom stereocenters. The van der Waals surface area contributed by atoms with E-state index in [1.807, 2.05) is 0 Å². The van der Waals surface area contributed by atoms with Gasteiger partial charge in [0.15, 0.2) is 11.5 Å². The van der Waals surface area contributed by atoms with Crippen LogP contribution < -0.4 is 30.0 Å². The van der Waals surface area contributed by atoms with E-state index in [1.54, 1.807) is 0 Å². The number of anilines is 1. The highest BCUT2D eigenvalue weighted by Crippen LogP contribution is 2.45. The van der Waals surface area contributed by atoms with Gasteiger partial charge in [0.1, 0.15) is 28.5 Å². The van der Waals surface area contributed by atoms with Gasteiger partial charge in [-0.1, -0.05) is 0 Å². The summed E-state index contributed by atoms with van der Waals surface area (Å²) in [7, 11) is 1.11. The van der Waals surface area contributed by atoms with E-state index in [4.69, 9.17) is 19.9 Å². The first-order valence-electron chi connectivity index (χ1n) is 11.8. The number of benzene rings is 2. The molecule has 0 radical (unpaired) electrons. The van der Waals surface area contributed by atoms with Crippen LogP contribution in [0.1, 0.15) is 39.3 Å². The Labute approximate surface area is 228 Å². The van der Waals surface area contributed by atoms with Crippen LogP contribution in [0.3, 0.4) is 0 Å². The summed E-state index contributed by atoms with van der Waals surface area (Å²) in [4.78, 5) is 28.7. The number of nitrogens with zero attached hydrogens (tertiary/aromatic N) is 1. The molecule has 41 heavy (non-hydrogen) atoms. The fourth-order valence-corrected chi connectivity index (χ4v) is 3.61. The van der Waals surface area contributed by atoms with Gasteiger partial charge in [-0.3, -0.25) is 14.6 Å². The Bertz CT molecular complexity index is 1460. The van der Waals surface area contributed by atoms with E-state index in [2.05, 4.69) is 15.0 Å². The van der Waals surface area contributed by atoms with E-state index in [-0.39, 0.29) is 35.4 Å². The second-order valence-electron chi connectivity index (χ2n) is 8.78. The molecule has 1 aliphatic carbocycles. The van der Waals surface area contributed by atoms with Crippen molar-refractivity contribution in [3.63, 3.8) is 0 Å². The average Bonchev–Trinajstić information content (AvgIpc) is 3.71. The number of aromatic nitrogens is 1. The standard InChI is InChI=1S/C26H21F6N3O6/c1-38-20-11-15(41-26(30,31)32)4-6-18(20)40-19-7-5-16(25(27,28)29)22(39-12-13-2-3-13)21(19)24(37)35-14-8-9-34-17(10-14)23(33)36/h4-11,13H,2-3,12H2,1H3,(H2,33,36)(H,34,35,37). The van der Waals surface area contributed by atoms with Crippen LogP contribution in [0.4, 0.5) is 32.0 Å². The van der Waals surface area contributed by atoms with Gasteiger partial charge in [-0.15, -0.1) is 13.2 Å². The van der Waals surface area contributed by atoms with Crippen molar-refractivity contribution >= 4 is 17.5 Å². The van der Waals surface area contributed by atoms with Crippen molar-refractivity contribution in [2.24, 2.45) is 11.7 Å². The number of pyridine rings is 1. The quantitative estimate of drug-likeness (QED) is 0.283. The van der Waals surface area contributed by atoms with Crippen LogP contribution >= 0.6 is 0 Å². The summed E-state index contributed by atoms with van der Waals surface area (Å²) >= 11 is 0. The molecule has 1 heterocycles. The molecular weight excluding hydrogens is 564 g/mol. The van der Waals surface area contributed by atoms with Crippen molar-refractivity contribution in [1.29, 1.82) is 0 Å². The Morgan fingerprint density at radius 3 is 2.32 bits per heavy atom. The van der Waals surface area contributed by atoms with Gasteiger partial charge in [-0.2, -0.15) is 13.2 Å². The summed E-state index contributed by atoms with van der Waals surface area (Å²) < 4.78 is 100. The topological polar surface area (TPSA) is 122 Å². The molecule has 4 rings (SSSR count). The third-order valence-corrected chi connectivity index (χ3v) is 5.67. The normalized spacial score (nSPS) is 13.3. The first kappa shape index (κ1) is 29.3. The molecule has 1 aromatic heterocycles. The van der Waals surface area contributed by atoms with E-state index in [0.717, 1.165) is 56.5 Å². The maximum absolute atomic E-state index is 14.0. The SMILES string of the molecule is COc1cc(OC(F)(F)F)ccc1Oc1ccc(C(F)(F)F)c(OCC2CC2)c1C(=O)Nc1ccnc(C(N)=O)c1. The molecule has 1 fully saturated rings. The Hall–Kier alpha value is -4.69. The highest BCUT2D eigenvalue weighted by Gasteiger charge is 2.39. The van der Waals surface area contributed by atoms with Gasteiger partial charge >= 0.3 is 12.5 Å². The van der Waals surface area contributed by atoms with E-state index in [0.29, 0.717) is 6.07 Å². The molecule has 9 nitrogen and oxygen atoms in total. The van der Waals surface area contributed by atoms with Crippen molar-refractivity contribution in [2.75, 3.05) is 19.0 Å². The fourth-order valence-electron chi connectivity index (χ4n) is 3.61. The van der Waals surface area contributed by atoms with Crippen molar-refractivity contribution < 1.29 is 54.9 Å². The fraction of sp³-hybridized carbons (Fsp3) is 0.269. The number of alkyl halides is 6. The number of halogens is 6. The van der Waals surface area contributed by atoms with Crippen molar-refractivity contribution in [3.05, 3.63) is 65.5 Å². The number of hydrogen-bond donors (Lipinski definition) is 2. The monoisotopic (exact) mass is 585 g/mol. The zero-order valence-electron chi connectivity index (χ0n) is 21.1. The van der Waals surface area contributed by atoms with Crippen molar-refractivity contribution in [3.8, 4) is 28.7 Å². The Morgan fingerprint density at radius 1 is 1.00 bits per heavy atom. The molecule has 15 heteroatoms. The predicted molar refractivity (Wildman–Crippen MR) is 130 cm³/mol. The first-order chi connectivity index (χ1) is 19.2. The lowest BCUT2D eigenvalue weighted by Crippen LogP contribution is -2.20. The van der Waals surface area contributed by atoms with Crippen LogP contribution in [-0.4, -0.2) is 36.9 Å². The van der Waals surface area contributed by atoms with Gasteiger partial charge in [0.25, 0.3) is 11.8 Å². The number of amides is 2. The predicted octanol–water partition coefficient (Wildman–Crippen LogP) is 5.94. The lowest BCUT2D eigenvalue weighted by molar-refractivity contribution is -0.274. The molecule has 3 aromatic rings. The Morgan fingerprint density at radius 2 is 1.71 bits per heavy atom. The highest BCUT2D eigenvalue weighted by atomic mass is 19.4. The second kappa shape index (κ2) is 11.4. The Kier molecular flexibility index (Phi) is 8.17. The molecule has 0 saturated heterocycles. The molecule has 0 spiro atoms. The molecule has 0 atom stereocenters. The van der Waals surface area contributed by atoms with Gasteiger partial charge in [0, 0.05) is 18.0 Å². The molecule has 1 saturated carbocycles. The number of ether oxygens (including phenoxy) is 4. The van der Waals surface area contributed by atoms with Crippen LogP contribution in [0.5, 0.6) is 28.7 Å². The molecular formula is C26H21F6N3O6. The molecule has 2 amide bonds.